The normalized spacial score (nSPS) is 28.1. The van der Waals surface area contributed by atoms with Crippen LogP contribution in [0.5, 0.6) is 0 Å². The minimum atomic E-state index is -2.29. The standard InChI is InChI=1S/C7H6N4O3/c1-6(2)5(3-8)10-14-7(6,4-9)11(12)13/h1-2H3/t7-/m0/s1. The van der Waals surface area contributed by atoms with E-state index in [1.54, 1.807) is 6.07 Å². The Morgan fingerprint density at radius 1 is 1.57 bits per heavy atom. The van der Waals surface area contributed by atoms with E-state index in [1.165, 1.54) is 19.9 Å². The van der Waals surface area contributed by atoms with E-state index in [1.807, 2.05) is 0 Å². The fourth-order valence-electron chi connectivity index (χ4n) is 1.12. The average Bonchev–Trinajstić information content (AvgIpc) is 2.37. The van der Waals surface area contributed by atoms with Gasteiger partial charge in [-0.1, -0.05) is 5.16 Å². The van der Waals surface area contributed by atoms with Gasteiger partial charge in [0.25, 0.3) is 0 Å². The van der Waals surface area contributed by atoms with E-state index in [2.05, 4.69) is 9.99 Å². The predicted molar refractivity (Wildman–Crippen MR) is 43.3 cm³/mol. The first-order chi connectivity index (χ1) is 6.42. The molecule has 1 atom stereocenters. The van der Waals surface area contributed by atoms with Gasteiger partial charge in [0.2, 0.25) is 0 Å². The van der Waals surface area contributed by atoms with Crippen molar-refractivity contribution in [1.29, 1.82) is 10.5 Å². The zero-order valence-corrected chi connectivity index (χ0v) is 7.51. The van der Waals surface area contributed by atoms with Gasteiger partial charge in [0, 0.05) is 0 Å². The average molecular weight is 194 g/mol. The van der Waals surface area contributed by atoms with E-state index in [0.717, 1.165) is 0 Å². The van der Waals surface area contributed by atoms with E-state index >= 15 is 0 Å². The highest BCUT2D eigenvalue weighted by molar-refractivity contribution is 6.04. The second-order valence-electron chi connectivity index (χ2n) is 3.28. The number of hydrogen-bond donors (Lipinski definition) is 0. The van der Waals surface area contributed by atoms with Gasteiger partial charge in [0.1, 0.15) is 11.5 Å². The number of hydrogen-bond acceptors (Lipinski definition) is 6. The Hall–Kier alpha value is -2.15. The third-order valence-electron chi connectivity index (χ3n) is 2.22. The highest BCUT2D eigenvalue weighted by atomic mass is 16.7. The van der Waals surface area contributed by atoms with E-state index < -0.39 is 16.1 Å². The van der Waals surface area contributed by atoms with E-state index in [4.69, 9.17) is 10.5 Å². The van der Waals surface area contributed by atoms with Gasteiger partial charge in [-0.25, -0.2) is 0 Å². The lowest BCUT2D eigenvalue weighted by molar-refractivity contribution is -0.622. The van der Waals surface area contributed by atoms with Crippen LogP contribution in [0.4, 0.5) is 0 Å². The lowest BCUT2D eigenvalue weighted by atomic mass is 9.78. The molecule has 0 amide bonds. The molecule has 1 aliphatic heterocycles. The van der Waals surface area contributed by atoms with Crippen LogP contribution in [0.25, 0.3) is 0 Å². The molecular formula is C7H6N4O3. The van der Waals surface area contributed by atoms with E-state index in [9.17, 15) is 10.1 Å². The molecule has 1 aliphatic rings. The third-order valence-corrected chi connectivity index (χ3v) is 2.22. The second kappa shape index (κ2) is 2.67. The Morgan fingerprint density at radius 2 is 2.14 bits per heavy atom. The van der Waals surface area contributed by atoms with Gasteiger partial charge in [0.05, 0.1) is 4.92 Å². The summed E-state index contributed by atoms with van der Waals surface area (Å²) in [5.41, 5.74) is -3.80. The first-order valence-electron chi connectivity index (χ1n) is 3.65. The molecule has 0 aromatic heterocycles. The highest BCUT2D eigenvalue weighted by Gasteiger charge is 2.67. The minimum Gasteiger partial charge on any atom is -0.304 e. The molecule has 0 fully saturated rings. The van der Waals surface area contributed by atoms with Gasteiger partial charge in [-0.2, -0.15) is 10.5 Å². The molecule has 0 saturated carbocycles. The number of nitrogens with zero attached hydrogens (tertiary/aromatic N) is 4. The van der Waals surface area contributed by atoms with E-state index in [0.29, 0.717) is 0 Å². The molecule has 7 heteroatoms. The zero-order valence-electron chi connectivity index (χ0n) is 7.51. The quantitative estimate of drug-likeness (QED) is 0.443. The summed E-state index contributed by atoms with van der Waals surface area (Å²) >= 11 is 0. The molecule has 0 aromatic carbocycles. The number of nitriles is 2. The van der Waals surface area contributed by atoms with Crippen molar-refractivity contribution in [1.82, 2.24) is 0 Å². The first kappa shape index (κ1) is 9.93. The number of nitro groups is 1. The molecule has 0 saturated heterocycles. The van der Waals surface area contributed by atoms with Crippen molar-refractivity contribution in [3.63, 3.8) is 0 Å². The molecule has 0 aromatic rings. The Kier molecular flexibility index (Phi) is 1.90. The van der Waals surface area contributed by atoms with Gasteiger partial charge >= 0.3 is 5.72 Å². The van der Waals surface area contributed by atoms with Crippen LogP contribution in [-0.2, 0) is 4.84 Å². The molecule has 1 heterocycles. The summed E-state index contributed by atoms with van der Waals surface area (Å²) in [7, 11) is 0. The second-order valence-corrected chi connectivity index (χ2v) is 3.28. The Bertz CT molecular complexity index is 400. The van der Waals surface area contributed by atoms with Gasteiger partial charge in [-0.3, -0.25) is 10.1 Å². The van der Waals surface area contributed by atoms with Crippen molar-refractivity contribution in [2.24, 2.45) is 10.6 Å². The molecule has 0 unspecified atom stereocenters. The largest absolute Gasteiger partial charge is 0.481 e. The predicted octanol–water partition coefficient (Wildman–Crippen LogP) is 0.419. The molecule has 0 aliphatic carbocycles. The topological polar surface area (TPSA) is 112 Å². The summed E-state index contributed by atoms with van der Waals surface area (Å²) in [4.78, 5) is 14.3. The molecule has 72 valence electrons. The molecule has 7 nitrogen and oxygen atoms in total. The molecule has 0 radical (unpaired) electrons. The maximum absolute atomic E-state index is 10.7. The van der Waals surface area contributed by atoms with Crippen molar-refractivity contribution >= 4 is 5.71 Å². The highest BCUT2D eigenvalue weighted by Crippen LogP contribution is 2.40. The smallest absolute Gasteiger partial charge is 0.304 e. The fraction of sp³-hybridized carbons (Fsp3) is 0.571. The van der Waals surface area contributed by atoms with Gasteiger partial charge in [0.15, 0.2) is 11.8 Å². The molecule has 1 rings (SSSR count). The van der Waals surface area contributed by atoms with Crippen molar-refractivity contribution in [2.75, 3.05) is 0 Å². The Labute approximate surface area is 79.3 Å². The van der Waals surface area contributed by atoms with Crippen molar-refractivity contribution in [3.05, 3.63) is 10.1 Å². The van der Waals surface area contributed by atoms with Crippen LogP contribution in [-0.4, -0.2) is 16.4 Å². The Morgan fingerprint density at radius 3 is 2.36 bits per heavy atom. The zero-order chi connectivity index (χ0) is 11.0. The summed E-state index contributed by atoms with van der Waals surface area (Å²) in [5, 5.41) is 31.3. The van der Waals surface area contributed by atoms with Crippen LogP contribution in [0.15, 0.2) is 5.16 Å². The molecule has 14 heavy (non-hydrogen) atoms. The van der Waals surface area contributed by atoms with Crippen LogP contribution in [0.3, 0.4) is 0 Å². The van der Waals surface area contributed by atoms with Crippen molar-refractivity contribution in [3.8, 4) is 12.1 Å². The summed E-state index contributed by atoms with van der Waals surface area (Å²) in [5.74, 6) is 0. The van der Waals surface area contributed by atoms with Crippen LogP contribution in [0.2, 0.25) is 0 Å². The van der Waals surface area contributed by atoms with Gasteiger partial charge in [-0.05, 0) is 13.8 Å². The lowest BCUT2D eigenvalue weighted by Gasteiger charge is -2.22. The molecule has 0 N–H and O–H groups in total. The SMILES string of the molecule is CC1(C)C(C#N)=NO[C@]1(C#N)[N+](=O)[O-]. The van der Waals surface area contributed by atoms with Crippen LogP contribution >= 0.6 is 0 Å². The van der Waals surface area contributed by atoms with E-state index in [-0.39, 0.29) is 5.71 Å². The summed E-state index contributed by atoms with van der Waals surface area (Å²) < 4.78 is 0. The summed E-state index contributed by atoms with van der Waals surface area (Å²) in [6.45, 7) is 2.74. The fourth-order valence-corrected chi connectivity index (χ4v) is 1.12. The summed E-state index contributed by atoms with van der Waals surface area (Å²) in [6, 6.07) is 3.11. The van der Waals surface area contributed by atoms with Crippen LogP contribution in [0.1, 0.15) is 13.8 Å². The molecule has 0 spiro atoms. The molecule has 0 bridgehead atoms. The lowest BCUT2D eigenvalue weighted by Crippen LogP contribution is -2.51. The van der Waals surface area contributed by atoms with Gasteiger partial charge < -0.3 is 4.84 Å². The van der Waals surface area contributed by atoms with Gasteiger partial charge in [-0.15, -0.1) is 0 Å². The Balaban J connectivity index is 3.30. The van der Waals surface area contributed by atoms with Crippen LogP contribution in [0, 0.1) is 38.2 Å². The third kappa shape index (κ3) is 0.866. The maximum atomic E-state index is 10.7. The minimum absolute atomic E-state index is 0.157. The molecular weight excluding hydrogens is 188 g/mol. The monoisotopic (exact) mass is 194 g/mol. The van der Waals surface area contributed by atoms with Crippen molar-refractivity contribution in [2.45, 2.75) is 19.6 Å². The number of rotatable bonds is 1. The van der Waals surface area contributed by atoms with Crippen LogP contribution < -0.4 is 0 Å². The van der Waals surface area contributed by atoms with Crippen molar-refractivity contribution < 1.29 is 9.76 Å². The first-order valence-corrected chi connectivity index (χ1v) is 3.65. The maximum Gasteiger partial charge on any atom is 0.481 e. The summed E-state index contributed by atoms with van der Waals surface area (Å²) in [6.07, 6.45) is 0. The number of oxime groups is 1.